The highest BCUT2D eigenvalue weighted by Gasteiger charge is 2.00. The van der Waals surface area contributed by atoms with Crippen molar-refractivity contribution in [3.63, 3.8) is 0 Å². The van der Waals surface area contributed by atoms with E-state index in [2.05, 4.69) is 33.7 Å². The standard InChI is InChI=1S/C16H14ClN3/c17-14-6-4-12(5-7-14)11-18-15-3-1-2-13(10-15)16-8-9-19-20-16/h1-10,18H,11H2,(H,19,20). The molecule has 1 aromatic heterocycles. The van der Waals surface area contributed by atoms with Crippen LogP contribution in [0.4, 0.5) is 5.69 Å². The molecule has 3 rings (SSSR count). The van der Waals surface area contributed by atoms with Crippen LogP contribution >= 0.6 is 11.6 Å². The van der Waals surface area contributed by atoms with Crippen LogP contribution in [-0.4, -0.2) is 10.2 Å². The molecule has 2 N–H and O–H groups in total. The Morgan fingerprint density at radius 3 is 2.65 bits per heavy atom. The molecule has 0 amide bonds. The Balaban J connectivity index is 1.72. The maximum absolute atomic E-state index is 5.88. The van der Waals surface area contributed by atoms with Crippen LogP contribution in [0.2, 0.25) is 5.02 Å². The molecule has 0 saturated heterocycles. The molecule has 3 nitrogen and oxygen atoms in total. The fraction of sp³-hybridized carbons (Fsp3) is 0.0625. The zero-order valence-electron chi connectivity index (χ0n) is 10.8. The Morgan fingerprint density at radius 2 is 1.90 bits per heavy atom. The molecule has 20 heavy (non-hydrogen) atoms. The van der Waals surface area contributed by atoms with Crippen molar-refractivity contribution in [2.75, 3.05) is 5.32 Å². The molecule has 0 radical (unpaired) electrons. The lowest BCUT2D eigenvalue weighted by atomic mass is 10.1. The lowest BCUT2D eigenvalue weighted by Crippen LogP contribution is -1.99. The number of hydrogen-bond donors (Lipinski definition) is 2. The van der Waals surface area contributed by atoms with Gasteiger partial charge in [0.15, 0.2) is 0 Å². The summed E-state index contributed by atoms with van der Waals surface area (Å²) in [5.74, 6) is 0. The predicted octanol–water partition coefficient (Wildman–Crippen LogP) is 4.34. The first-order chi connectivity index (χ1) is 9.81. The van der Waals surface area contributed by atoms with Crippen LogP contribution in [0.15, 0.2) is 60.8 Å². The van der Waals surface area contributed by atoms with Crippen LogP contribution in [0.3, 0.4) is 0 Å². The van der Waals surface area contributed by atoms with Crippen LogP contribution in [0.5, 0.6) is 0 Å². The molecule has 0 saturated carbocycles. The Bertz CT molecular complexity index is 675. The summed E-state index contributed by atoms with van der Waals surface area (Å²) in [6.07, 6.45) is 1.75. The number of rotatable bonds is 4. The van der Waals surface area contributed by atoms with E-state index < -0.39 is 0 Å². The highest BCUT2D eigenvalue weighted by Crippen LogP contribution is 2.21. The summed E-state index contributed by atoms with van der Waals surface area (Å²) < 4.78 is 0. The second-order valence-electron chi connectivity index (χ2n) is 4.53. The maximum Gasteiger partial charge on any atom is 0.0650 e. The fourth-order valence-electron chi connectivity index (χ4n) is 2.02. The number of nitrogens with zero attached hydrogens (tertiary/aromatic N) is 1. The van der Waals surface area contributed by atoms with Gasteiger partial charge in [0.25, 0.3) is 0 Å². The van der Waals surface area contributed by atoms with E-state index in [1.54, 1.807) is 6.20 Å². The second kappa shape index (κ2) is 5.80. The van der Waals surface area contributed by atoms with Crippen molar-refractivity contribution >= 4 is 17.3 Å². The van der Waals surface area contributed by atoms with Crippen molar-refractivity contribution < 1.29 is 0 Å². The zero-order chi connectivity index (χ0) is 13.8. The zero-order valence-corrected chi connectivity index (χ0v) is 11.6. The van der Waals surface area contributed by atoms with E-state index in [0.717, 1.165) is 28.5 Å². The lowest BCUT2D eigenvalue weighted by molar-refractivity contribution is 1.09. The number of hydrogen-bond acceptors (Lipinski definition) is 2. The van der Waals surface area contributed by atoms with Gasteiger partial charge >= 0.3 is 0 Å². The molecule has 0 aliphatic rings. The van der Waals surface area contributed by atoms with Crippen molar-refractivity contribution in [2.45, 2.75) is 6.54 Å². The Kier molecular flexibility index (Phi) is 3.70. The molecule has 3 aromatic rings. The average molecular weight is 284 g/mol. The number of H-pyrrole nitrogens is 1. The third-order valence-corrected chi connectivity index (χ3v) is 3.34. The lowest BCUT2D eigenvalue weighted by Gasteiger charge is -2.08. The fourth-order valence-corrected chi connectivity index (χ4v) is 2.15. The van der Waals surface area contributed by atoms with Gasteiger partial charge in [-0.15, -0.1) is 0 Å². The van der Waals surface area contributed by atoms with Gasteiger partial charge < -0.3 is 5.32 Å². The maximum atomic E-state index is 5.88. The van der Waals surface area contributed by atoms with Crippen LogP contribution < -0.4 is 5.32 Å². The number of aromatic amines is 1. The van der Waals surface area contributed by atoms with Crippen LogP contribution in [0.1, 0.15) is 5.56 Å². The number of anilines is 1. The molecule has 0 fully saturated rings. The van der Waals surface area contributed by atoms with Crippen molar-refractivity contribution in [3.05, 3.63) is 71.4 Å². The summed E-state index contributed by atoms with van der Waals surface area (Å²) in [4.78, 5) is 0. The highest BCUT2D eigenvalue weighted by molar-refractivity contribution is 6.30. The first-order valence-corrected chi connectivity index (χ1v) is 6.77. The van der Waals surface area contributed by atoms with E-state index in [4.69, 9.17) is 11.6 Å². The summed E-state index contributed by atoms with van der Waals surface area (Å²) in [6, 6.07) is 18.0. The third-order valence-electron chi connectivity index (χ3n) is 3.08. The normalized spacial score (nSPS) is 10.4. The highest BCUT2D eigenvalue weighted by atomic mass is 35.5. The quantitative estimate of drug-likeness (QED) is 0.748. The largest absolute Gasteiger partial charge is 0.381 e. The first kappa shape index (κ1) is 12.8. The van der Waals surface area contributed by atoms with E-state index in [-0.39, 0.29) is 0 Å². The Hall–Kier alpha value is -2.26. The molecule has 0 bridgehead atoms. The minimum atomic E-state index is 0.759. The van der Waals surface area contributed by atoms with Gasteiger partial charge in [0.1, 0.15) is 0 Å². The van der Waals surface area contributed by atoms with Crippen LogP contribution in [0.25, 0.3) is 11.3 Å². The third kappa shape index (κ3) is 3.00. The number of aromatic nitrogens is 2. The molecule has 2 aromatic carbocycles. The molecule has 0 aliphatic heterocycles. The van der Waals surface area contributed by atoms with E-state index >= 15 is 0 Å². The van der Waals surface area contributed by atoms with Gasteiger partial charge in [0, 0.05) is 29.0 Å². The first-order valence-electron chi connectivity index (χ1n) is 6.39. The number of nitrogens with one attached hydrogen (secondary N) is 2. The predicted molar refractivity (Wildman–Crippen MR) is 82.8 cm³/mol. The Labute approximate surface area is 122 Å². The van der Waals surface area contributed by atoms with Gasteiger partial charge in [-0.05, 0) is 35.9 Å². The van der Waals surface area contributed by atoms with E-state index in [9.17, 15) is 0 Å². The van der Waals surface area contributed by atoms with Crippen molar-refractivity contribution in [1.82, 2.24) is 10.2 Å². The second-order valence-corrected chi connectivity index (χ2v) is 4.97. The van der Waals surface area contributed by atoms with Gasteiger partial charge in [0.2, 0.25) is 0 Å². The average Bonchev–Trinajstić information content (AvgIpc) is 3.01. The van der Waals surface area contributed by atoms with Gasteiger partial charge in [-0.1, -0.05) is 35.9 Å². The van der Waals surface area contributed by atoms with E-state index in [1.807, 2.05) is 36.4 Å². The Morgan fingerprint density at radius 1 is 1.05 bits per heavy atom. The van der Waals surface area contributed by atoms with Gasteiger partial charge in [-0.25, -0.2) is 0 Å². The summed E-state index contributed by atoms with van der Waals surface area (Å²) in [6.45, 7) is 0.767. The van der Waals surface area contributed by atoms with Crippen molar-refractivity contribution in [3.8, 4) is 11.3 Å². The van der Waals surface area contributed by atoms with Crippen molar-refractivity contribution in [2.24, 2.45) is 0 Å². The minimum absolute atomic E-state index is 0.759. The molecule has 4 heteroatoms. The molecule has 1 heterocycles. The molecule has 0 spiro atoms. The van der Waals surface area contributed by atoms with Crippen LogP contribution in [0, 0.1) is 0 Å². The molecule has 0 atom stereocenters. The summed E-state index contributed by atoms with van der Waals surface area (Å²) in [5.41, 5.74) is 4.40. The van der Waals surface area contributed by atoms with E-state index in [0.29, 0.717) is 0 Å². The SMILES string of the molecule is Clc1ccc(CNc2cccc(-c3ccn[nH]3)c2)cc1. The minimum Gasteiger partial charge on any atom is -0.381 e. The van der Waals surface area contributed by atoms with Gasteiger partial charge in [0.05, 0.1) is 5.69 Å². The smallest absolute Gasteiger partial charge is 0.0650 e. The molecular formula is C16H14ClN3. The molecule has 0 unspecified atom stereocenters. The summed E-state index contributed by atoms with van der Waals surface area (Å²) in [5, 5.41) is 11.1. The van der Waals surface area contributed by atoms with Crippen molar-refractivity contribution in [1.29, 1.82) is 0 Å². The van der Waals surface area contributed by atoms with E-state index in [1.165, 1.54) is 5.56 Å². The summed E-state index contributed by atoms with van der Waals surface area (Å²) >= 11 is 5.88. The van der Waals surface area contributed by atoms with Gasteiger partial charge in [-0.3, -0.25) is 5.10 Å². The monoisotopic (exact) mass is 283 g/mol. The number of halogens is 1. The number of benzene rings is 2. The molecule has 100 valence electrons. The topological polar surface area (TPSA) is 40.7 Å². The molecular weight excluding hydrogens is 270 g/mol. The van der Waals surface area contributed by atoms with Crippen LogP contribution in [-0.2, 0) is 6.54 Å². The summed E-state index contributed by atoms with van der Waals surface area (Å²) in [7, 11) is 0. The molecule has 0 aliphatic carbocycles. The van der Waals surface area contributed by atoms with Gasteiger partial charge in [-0.2, -0.15) is 5.10 Å².